The minimum Gasteiger partial charge on any atom is -0.481 e. The van der Waals surface area contributed by atoms with E-state index in [0.717, 1.165) is 25.7 Å². The molecule has 1 aliphatic carbocycles. The van der Waals surface area contributed by atoms with E-state index < -0.39 is 17.8 Å². The molecule has 0 saturated heterocycles. The topological polar surface area (TPSA) is 97.1 Å². The predicted octanol–water partition coefficient (Wildman–Crippen LogP) is 2.10. The Labute approximate surface area is 133 Å². The number of nitrogens with zero attached hydrogens (tertiary/aromatic N) is 3. The predicted molar refractivity (Wildman–Crippen MR) is 83.1 cm³/mol. The number of rotatable bonds is 5. The van der Waals surface area contributed by atoms with Gasteiger partial charge in [0, 0.05) is 5.69 Å². The highest BCUT2D eigenvalue weighted by Gasteiger charge is 2.36. The Morgan fingerprint density at radius 2 is 1.91 bits per heavy atom. The summed E-state index contributed by atoms with van der Waals surface area (Å²) in [7, 11) is 0. The van der Waals surface area contributed by atoms with E-state index in [1.54, 1.807) is 36.7 Å². The monoisotopic (exact) mass is 314 g/mol. The second-order valence-corrected chi connectivity index (χ2v) is 5.72. The second-order valence-electron chi connectivity index (χ2n) is 5.72. The number of aromatic nitrogens is 3. The smallest absolute Gasteiger partial charge is 0.316 e. The van der Waals surface area contributed by atoms with E-state index in [0.29, 0.717) is 11.4 Å². The lowest BCUT2D eigenvalue weighted by Gasteiger charge is -2.18. The first-order valence-electron chi connectivity index (χ1n) is 7.65. The first kappa shape index (κ1) is 15.2. The van der Waals surface area contributed by atoms with Crippen LogP contribution in [0.5, 0.6) is 0 Å². The van der Waals surface area contributed by atoms with Crippen molar-refractivity contribution < 1.29 is 14.7 Å². The van der Waals surface area contributed by atoms with Crippen molar-refractivity contribution in [1.29, 1.82) is 0 Å². The lowest BCUT2D eigenvalue weighted by molar-refractivity contribution is -0.147. The third kappa shape index (κ3) is 3.39. The number of aliphatic carboxylic acids is 1. The SMILES string of the molecule is O=C(O)C(C(=O)Nc1cccc(-n2nccn2)c1)C1CCCC1. The minimum absolute atomic E-state index is 0.0801. The van der Waals surface area contributed by atoms with Gasteiger partial charge in [-0.05, 0) is 37.0 Å². The number of hydrogen-bond donors (Lipinski definition) is 2. The first-order chi connectivity index (χ1) is 11.1. The molecule has 1 atom stereocenters. The van der Waals surface area contributed by atoms with Gasteiger partial charge in [0.05, 0.1) is 18.1 Å². The van der Waals surface area contributed by atoms with Crippen LogP contribution in [0.4, 0.5) is 5.69 Å². The zero-order chi connectivity index (χ0) is 16.2. The van der Waals surface area contributed by atoms with Crippen molar-refractivity contribution in [3.63, 3.8) is 0 Å². The molecule has 1 aromatic heterocycles. The minimum atomic E-state index is -1.06. The van der Waals surface area contributed by atoms with E-state index in [4.69, 9.17) is 0 Å². The Kier molecular flexibility index (Phi) is 4.36. The van der Waals surface area contributed by atoms with Crippen LogP contribution in [0.3, 0.4) is 0 Å². The number of benzene rings is 1. The van der Waals surface area contributed by atoms with E-state index >= 15 is 0 Å². The lowest BCUT2D eigenvalue weighted by Crippen LogP contribution is -2.34. The molecule has 0 radical (unpaired) electrons. The van der Waals surface area contributed by atoms with Gasteiger partial charge in [0.25, 0.3) is 0 Å². The van der Waals surface area contributed by atoms with Gasteiger partial charge >= 0.3 is 5.97 Å². The van der Waals surface area contributed by atoms with Gasteiger partial charge in [-0.15, -0.1) is 0 Å². The number of carboxylic acids is 1. The number of nitrogens with one attached hydrogen (secondary N) is 1. The van der Waals surface area contributed by atoms with Crippen molar-refractivity contribution in [2.45, 2.75) is 25.7 Å². The van der Waals surface area contributed by atoms with Crippen molar-refractivity contribution >= 4 is 17.6 Å². The Bertz CT molecular complexity index is 693. The van der Waals surface area contributed by atoms with Gasteiger partial charge < -0.3 is 10.4 Å². The highest BCUT2D eigenvalue weighted by molar-refractivity contribution is 6.04. The molecule has 0 aliphatic heterocycles. The van der Waals surface area contributed by atoms with E-state index in [-0.39, 0.29) is 5.92 Å². The summed E-state index contributed by atoms with van der Waals surface area (Å²) in [5.74, 6) is -2.60. The van der Waals surface area contributed by atoms with E-state index in [2.05, 4.69) is 15.5 Å². The lowest BCUT2D eigenvalue weighted by atomic mass is 9.90. The summed E-state index contributed by atoms with van der Waals surface area (Å²) in [5.41, 5.74) is 1.23. The van der Waals surface area contributed by atoms with Crippen LogP contribution < -0.4 is 5.32 Å². The number of amides is 1. The molecule has 7 heteroatoms. The van der Waals surface area contributed by atoms with Crippen molar-refractivity contribution in [2.24, 2.45) is 11.8 Å². The molecule has 1 amide bonds. The molecule has 3 rings (SSSR count). The maximum absolute atomic E-state index is 12.4. The molecule has 23 heavy (non-hydrogen) atoms. The van der Waals surface area contributed by atoms with Gasteiger partial charge in [0.15, 0.2) is 0 Å². The highest BCUT2D eigenvalue weighted by Crippen LogP contribution is 2.32. The van der Waals surface area contributed by atoms with Crippen LogP contribution in [-0.2, 0) is 9.59 Å². The zero-order valence-corrected chi connectivity index (χ0v) is 12.6. The number of carbonyl (C=O) groups excluding carboxylic acids is 1. The molecule has 0 spiro atoms. The van der Waals surface area contributed by atoms with Gasteiger partial charge in [0.2, 0.25) is 5.91 Å². The van der Waals surface area contributed by atoms with Crippen LogP contribution in [-0.4, -0.2) is 32.0 Å². The molecular weight excluding hydrogens is 296 g/mol. The van der Waals surface area contributed by atoms with Crippen LogP contribution in [0.25, 0.3) is 5.69 Å². The summed E-state index contributed by atoms with van der Waals surface area (Å²) < 4.78 is 0. The molecule has 1 heterocycles. The Balaban J connectivity index is 1.76. The number of carboxylic acid groups (broad SMARTS) is 1. The first-order valence-corrected chi connectivity index (χ1v) is 7.65. The fraction of sp³-hybridized carbons (Fsp3) is 0.375. The van der Waals surface area contributed by atoms with E-state index in [1.807, 2.05) is 0 Å². The van der Waals surface area contributed by atoms with Crippen molar-refractivity contribution in [1.82, 2.24) is 15.0 Å². The number of carbonyl (C=O) groups is 2. The molecule has 7 nitrogen and oxygen atoms in total. The molecule has 1 unspecified atom stereocenters. The van der Waals surface area contributed by atoms with Gasteiger partial charge in [0.1, 0.15) is 5.92 Å². The number of hydrogen-bond acceptors (Lipinski definition) is 4. The Morgan fingerprint density at radius 1 is 1.22 bits per heavy atom. The summed E-state index contributed by atoms with van der Waals surface area (Å²) in [5, 5.41) is 20.2. The molecule has 2 aromatic rings. The average molecular weight is 314 g/mol. The molecule has 0 bridgehead atoms. The van der Waals surface area contributed by atoms with Gasteiger partial charge in [-0.2, -0.15) is 15.0 Å². The third-order valence-electron chi connectivity index (χ3n) is 4.18. The van der Waals surface area contributed by atoms with Crippen molar-refractivity contribution in [3.05, 3.63) is 36.7 Å². The van der Waals surface area contributed by atoms with Crippen molar-refractivity contribution in [3.8, 4) is 5.69 Å². The van der Waals surface area contributed by atoms with Gasteiger partial charge in [-0.1, -0.05) is 18.9 Å². The second kappa shape index (κ2) is 6.60. The summed E-state index contributed by atoms with van der Waals surface area (Å²) in [6.07, 6.45) is 6.69. The standard InChI is InChI=1S/C16H18N4O3/c21-15(14(16(22)23)11-4-1-2-5-11)19-12-6-3-7-13(10-12)20-17-8-9-18-20/h3,6-11,14H,1-2,4-5H2,(H,19,21)(H,22,23). The maximum atomic E-state index is 12.4. The van der Waals surface area contributed by atoms with Gasteiger partial charge in [-0.25, -0.2) is 0 Å². The van der Waals surface area contributed by atoms with Crippen LogP contribution >= 0.6 is 0 Å². The van der Waals surface area contributed by atoms with Crippen LogP contribution in [0.2, 0.25) is 0 Å². The normalized spacial score (nSPS) is 16.2. The molecule has 1 aromatic carbocycles. The zero-order valence-electron chi connectivity index (χ0n) is 12.6. The fourth-order valence-electron chi connectivity index (χ4n) is 3.10. The largest absolute Gasteiger partial charge is 0.481 e. The van der Waals surface area contributed by atoms with Crippen molar-refractivity contribution in [2.75, 3.05) is 5.32 Å². The highest BCUT2D eigenvalue weighted by atomic mass is 16.4. The van der Waals surface area contributed by atoms with Crippen LogP contribution in [0.1, 0.15) is 25.7 Å². The molecule has 1 aliphatic rings. The summed E-state index contributed by atoms with van der Waals surface area (Å²) in [6.45, 7) is 0. The molecule has 120 valence electrons. The van der Waals surface area contributed by atoms with Gasteiger partial charge in [-0.3, -0.25) is 9.59 Å². The maximum Gasteiger partial charge on any atom is 0.316 e. The molecular formula is C16H18N4O3. The molecule has 1 fully saturated rings. The van der Waals surface area contributed by atoms with E-state index in [1.165, 1.54) is 4.80 Å². The summed E-state index contributed by atoms with van der Waals surface area (Å²) in [6, 6.07) is 7.00. The van der Waals surface area contributed by atoms with E-state index in [9.17, 15) is 14.7 Å². The summed E-state index contributed by atoms with van der Waals surface area (Å²) in [4.78, 5) is 25.3. The number of anilines is 1. The van der Waals surface area contributed by atoms with Crippen LogP contribution in [0.15, 0.2) is 36.7 Å². The fourth-order valence-corrected chi connectivity index (χ4v) is 3.10. The molecule has 1 saturated carbocycles. The third-order valence-corrected chi connectivity index (χ3v) is 4.18. The quantitative estimate of drug-likeness (QED) is 0.824. The average Bonchev–Trinajstić information content (AvgIpc) is 3.21. The Morgan fingerprint density at radius 3 is 2.57 bits per heavy atom. The summed E-state index contributed by atoms with van der Waals surface area (Å²) >= 11 is 0. The molecule has 2 N–H and O–H groups in total. The Hall–Kier alpha value is -2.70. The van der Waals surface area contributed by atoms with Crippen LogP contribution in [0, 0.1) is 11.8 Å².